The maximum atomic E-state index is 12.6. The number of amides is 1. The van der Waals surface area contributed by atoms with E-state index in [4.69, 9.17) is 9.57 Å². The van der Waals surface area contributed by atoms with Crippen LogP contribution < -0.4 is 14.9 Å². The number of carbonyl (C=O) groups is 1. The number of carbonyl (C=O) groups excluding carboxylic acids is 1. The second-order valence-corrected chi connectivity index (χ2v) is 11.2. The van der Waals surface area contributed by atoms with Crippen molar-refractivity contribution >= 4 is 39.2 Å². The van der Waals surface area contributed by atoms with Crippen molar-refractivity contribution in [2.45, 2.75) is 55.3 Å². The Morgan fingerprint density at radius 2 is 1.66 bits per heavy atom. The van der Waals surface area contributed by atoms with E-state index in [9.17, 15) is 28.5 Å². The molecule has 0 saturated carbocycles. The lowest BCUT2D eigenvalue weighted by molar-refractivity contribution is -0.270. The van der Waals surface area contributed by atoms with Gasteiger partial charge in [-0.15, -0.1) is 0 Å². The van der Waals surface area contributed by atoms with Crippen LogP contribution in [0.15, 0.2) is 68.8 Å². The summed E-state index contributed by atoms with van der Waals surface area (Å²) in [6, 6.07) is 12.4. The molecule has 1 heterocycles. The van der Waals surface area contributed by atoms with Gasteiger partial charge in [0.2, 0.25) is 22.2 Å². The van der Waals surface area contributed by atoms with Gasteiger partial charge in [0.25, 0.3) is 0 Å². The molecule has 2 aromatic rings. The second-order valence-electron chi connectivity index (χ2n) is 9.47. The highest BCUT2D eigenvalue weighted by atomic mass is 32.2. The van der Waals surface area contributed by atoms with Gasteiger partial charge in [0.15, 0.2) is 0 Å². The third-order valence-electron chi connectivity index (χ3n) is 6.09. The standard InChI is InChI=1S/C26H36N6O8S/c1-17(34)29-23-25(36)24(35)22(16-33)39-26(23)40-27-14-4-5-15-28-41(37,38)21-12-8-19(9-13-21)31-30-18-6-10-20(11-7-18)32(2)3/h6-14,22-26,28,33,35-36H,4-5,15-16H2,1-3H3,(H,29,34)/b27-14+,31-30?/t22-,23-,24+,25-,26-/m1/s1. The number of ether oxygens (including phenoxy) is 1. The normalized spacial score (nSPS) is 23.1. The Balaban J connectivity index is 1.45. The van der Waals surface area contributed by atoms with E-state index in [1.54, 1.807) is 12.1 Å². The molecule has 224 valence electrons. The molecule has 1 fully saturated rings. The van der Waals surface area contributed by atoms with Gasteiger partial charge in [0.05, 0.1) is 22.9 Å². The number of sulfonamides is 1. The molecule has 0 radical (unpaired) electrons. The summed E-state index contributed by atoms with van der Waals surface area (Å²) in [4.78, 5) is 18.7. The Morgan fingerprint density at radius 1 is 1.05 bits per heavy atom. The van der Waals surface area contributed by atoms with Gasteiger partial charge in [-0.3, -0.25) is 4.79 Å². The van der Waals surface area contributed by atoms with Crippen LogP contribution in [0.1, 0.15) is 19.8 Å². The molecule has 1 amide bonds. The lowest BCUT2D eigenvalue weighted by Crippen LogP contribution is -2.64. The summed E-state index contributed by atoms with van der Waals surface area (Å²) in [6.07, 6.45) is -3.15. The summed E-state index contributed by atoms with van der Waals surface area (Å²) < 4.78 is 33.1. The first-order valence-corrected chi connectivity index (χ1v) is 14.4. The number of anilines is 1. The van der Waals surface area contributed by atoms with Gasteiger partial charge in [-0.2, -0.15) is 10.2 Å². The maximum Gasteiger partial charge on any atom is 0.250 e. The molecule has 1 saturated heterocycles. The van der Waals surface area contributed by atoms with Crippen molar-refractivity contribution in [2.75, 3.05) is 32.1 Å². The monoisotopic (exact) mass is 592 g/mol. The number of aliphatic hydroxyl groups is 3. The molecule has 0 aliphatic carbocycles. The molecule has 0 unspecified atom stereocenters. The number of hydrogen-bond donors (Lipinski definition) is 5. The molecule has 41 heavy (non-hydrogen) atoms. The van der Waals surface area contributed by atoms with Gasteiger partial charge in [-0.25, -0.2) is 13.1 Å². The van der Waals surface area contributed by atoms with Crippen LogP contribution in [0, 0.1) is 0 Å². The number of rotatable bonds is 13. The van der Waals surface area contributed by atoms with Crippen LogP contribution in [0.2, 0.25) is 0 Å². The largest absolute Gasteiger partial charge is 0.394 e. The Morgan fingerprint density at radius 3 is 2.22 bits per heavy atom. The number of nitrogens with one attached hydrogen (secondary N) is 2. The average molecular weight is 593 g/mol. The third kappa shape index (κ3) is 9.27. The molecule has 1 aliphatic heterocycles. The number of benzene rings is 2. The van der Waals surface area contributed by atoms with Gasteiger partial charge in [-0.05, 0) is 61.4 Å². The second kappa shape index (κ2) is 15.0. The van der Waals surface area contributed by atoms with Crippen LogP contribution in [0.3, 0.4) is 0 Å². The summed E-state index contributed by atoms with van der Waals surface area (Å²) in [7, 11) is 0.146. The van der Waals surface area contributed by atoms with E-state index >= 15 is 0 Å². The summed E-state index contributed by atoms with van der Waals surface area (Å²) in [5.41, 5.74) is 2.22. The van der Waals surface area contributed by atoms with E-state index in [1.807, 2.05) is 43.3 Å². The Hall–Kier alpha value is -3.47. The molecule has 0 aromatic heterocycles. The fraction of sp³-hybridized carbons (Fsp3) is 0.462. The number of unbranched alkanes of at least 4 members (excludes halogenated alkanes) is 1. The predicted octanol–water partition coefficient (Wildman–Crippen LogP) is 1.17. The van der Waals surface area contributed by atoms with Crippen LogP contribution >= 0.6 is 0 Å². The molecular formula is C26H36N6O8S. The Labute approximate surface area is 238 Å². The van der Waals surface area contributed by atoms with Crippen molar-refractivity contribution in [3.63, 3.8) is 0 Å². The quantitative estimate of drug-likeness (QED) is 0.0982. The van der Waals surface area contributed by atoms with Gasteiger partial charge < -0.3 is 35.1 Å². The minimum Gasteiger partial charge on any atom is -0.394 e. The SMILES string of the molecule is CC(=O)N[C@H]1[C@@H](O/N=C/CCCNS(=O)(=O)c2ccc(N=Nc3ccc(N(C)C)cc3)cc2)O[C@H](CO)[C@H](O)[C@@H]1O. The number of azo groups is 1. The van der Waals surface area contributed by atoms with Crippen molar-refractivity contribution in [1.82, 2.24) is 10.0 Å². The van der Waals surface area contributed by atoms with Crippen molar-refractivity contribution in [3.05, 3.63) is 48.5 Å². The first-order chi connectivity index (χ1) is 19.5. The molecule has 0 spiro atoms. The maximum absolute atomic E-state index is 12.6. The highest BCUT2D eigenvalue weighted by Crippen LogP contribution is 2.23. The lowest BCUT2D eigenvalue weighted by atomic mass is 9.97. The van der Waals surface area contributed by atoms with E-state index in [-0.39, 0.29) is 11.4 Å². The van der Waals surface area contributed by atoms with Crippen LogP contribution in [0.25, 0.3) is 0 Å². The first kappa shape index (κ1) is 32.0. The summed E-state index contributed by atoms with van der Waals surface area (Å²) in [5, 5.41) is 44.1. The number of aliphatic hydroxyl groups excluding tert-OH is 3. The van der Waals surface area contributed by atoms with E-state index in [0.29, 0.717) is 24.2 Å². The van der Waals surface area contributed by atoms with Crippen molar-refractivity contribution < 1.29 is 38.1 Å². The van der Waals surface area contributed by atoms with Gasteiger partial charge in [0.1, 0.15) is 24.4 Å². The van der Waals surface area contributed by atoms with Crippen LogP contribution in [-0.2, 0) is 24.4 Å². The minimum absolute atomic E-state index is 0.0847. The molecule has 0 bridgehead atoms. The molecule has 5 atom stereocenters. The van der Waals surface area contributed by atoms with E-state index in [0.717, 1.165) is 5.69 Å². The molecule has 15 heteroatoms. The number of oxime groups is 1. The average Bonchev–Trinajstić information content (AvgIpc) is 2.95. The smallest absolute Gasteiger partial charge is 0.250 e. The van der Waals surface area contributed by atoms with Crippen molar-refractivity contribution in [1.29, 1.82) is 0 Å². The van der Waals surface area contributed by atoms with Crippen LogP contribution in [0.4, 0.5) is 17.1 Å². The molecule has 14 nitrogen and oxygen atoms in total. The highest BCUT2D eigenvalue weighted by molar-refractivity contribution is 7.89. The highest BCUT2D eigenvalue weighted by Gasteiger charge is 2.46. The fourth-order valence-corrected chi connectivity index (χ4v) is 4.90. The van der Waals surface area contributed by atoms with Gasteiger partial charge in [0, 0.05) is 39.5 Å². The van der Waals surface area contributed by atoms with Gasteiger partial charge in [-0.1, -0.05) is 5.16 Å². The van der Waals surface area contributed by atoms with E-state index in [2.05, 4.69) is 25.4 Å². The number of nitrogens with zero attached hydrogens (tertiary/aromatic N) is 4. The molecule has 5 N–H and O–H groups in total. The third-order valence-corrected chi connectivity index (χ3v) is 7.56. The molecule has 3 rings (SSSR count). The summed E-state index contributed by atoms with van der Waals surface area (Å²) in [6.45, 7) is 0.780. The fourth-order valence-electron chi connectivity index (χ4n) is 3.82. The molecule has 1 aliphatic rings. The van der Waals surface area contributed by atoms with E-state index in [1.165, 1.54) is 25.3 Å². The molecular weight excluding hydrogens is 556 g/mol. The van der Waals surface area contributed by atoms with Crippen LogP contribution in [-0.4, -0.2) is 93.7 Å². The predicted molar refractivity (Wildman–Crippen MR) is 151 cm³/mol. The minimum atomic E-state index is -3.74. The summed E-state index contributed by atoms with van der Waals surface area (Å²) in [5.74, 6) is -0.484. The topological polar surface area (TPSA) is 195 Å². The van der Waals surface area contributed by atoms with Crippen molar-refractivity contribution in [2.24, 2.45) is 15.4 Å². The molecule has 2 aromatic carbocycles. The van der Waals surface area contributed by atoms with Crippen LogP contribution in [0.5, 0.6) is 0 Å². The lowest BCUT2D eigenvalue weighted by Gasteiger charge is -2.40. The van der Waals surface area contributed by atoms with Gasteiger partial charge >= 0.3 is 0 Å². The zero-order chi connectivity index (χ0) is 30.0. The zero-order valence-corrected chi connectivity index (χ0v) is 23.8. The number of hydrogen-bond acceptors (Lipinski definition) is 12. The van der Waals surface area contributed by atoms with E-state index < -0.39 is 53.2 Å². The Bertz CT molecular complexity index is 1290. The Kier molecular flexibility index (Phi) is 11.7. The van der Waals surface area contributed by atoms with Crippen molar-refractivity contribution in [3.8, 4) is 0 Å². The first-order valence-electron chi connectivity index (χ1n) is 12.9. The summed E-state index contributed by atoms with van der Waals surface area (Å²) >= 11 is 0. The zero-order valence-electron chi connectivity index (χ0n) is 23.0.